The highest BCUT2D eigenvalue weighted by molar-refractivity contribution is 6.30. The number of nitrogens with zero attached hydrogens (tertiary/aromatic N) is 2. The van der Waals surface area contributed by atoms with Crippen LogP contribution in [0.25, 0.3) is 0 Å². The van der Waals surface area contributed by atoms with Crippen LogP contribution < -0.4 is 10.9 Å². The minimum atomic E-state index is -0.829. The molecular formula is C16H18ClN3O2. The van der Waals surface area contributed by atoms with E-state index < -0.39 is 5.41 Å². The highest BCUT2D eigenvalue weighted by Gasteiger charge is 2.30. The minimum Gasteiger partial charge on any atom is -0.319 e. The summed E-state index contributed by atoms with van der Waals surface area (Å²) in [6.07, 6.45) is 2.81. The van der Waals surface area contributed by atoms with E-state index in [4.69, 9.17) is 11.6 Å². The summed E-state index contributed by atoms with van der Waals surface area (Å²) in [5.74, 6) is -0.289. The first kappa shape index (κ1) is 16.2. The molecule has 0 radical (unpaired) electrons. The van der Waals surface area contributed by atoms with Crippen LogP contribution in [-0.4, -0.2) is 15.5 Å². The lowest BCUT2D eigenvalue weighted by molar-refractivity contribution is -0.120. The van der Waals surface area contributed by atoms with Crippen molar-refractivity contribution in [1.29, 1.82) is 0 Å². The van der Waals surface area contributed by atoms with Crippen LogP contribution in [0.2, 0.25) is 5.02 Å². The first-order valence-corrected chi connectivity index (χ1v) is 7.36. The van der Waals surface area contributed by atoms with Crippen LogP contribution in [0, 0.1) is 0 Å². The molecule has 0 unspecified atom stereocenters. The van der Waals surface area contributed by atoms with Gasteiger partial charge in [0.05, 0.1) is 17.9 Å². The van der Waals surface area contributed by atoms with Gasteiger partial charge in [0.15, 0.2) is 0 Å². The van der Waals surface area contributed by atoms with E-state index in [1.807, 2.05) is 13.0 Å². The highest BCUT2D eigenvalue weighted by atomic mass is 35.5. The topological polar surface area (TPSA) is 64.0 Å². The number of halogens is 1. The van der Waals surface area contributed by atoms with Gasteiger partial charge in [-0.2, -0.15) is 0 Å². The molecule has 0 spiro atoms. The summed E-state index contributed by atoms with van der Waals surface area (Å²) >= 11 is 5.99. The molecule has 0 aliphatic heterocycles. The molecule has 1 aromatic heterocycles. The Balaban J connectivity index is 2.30. The fraction of sp³-hybridized carbons (Fsp3) is 0.312. The number of carbonyl (C=O) groups excluding carboxylic acids is 1. The molecule has 0 aliphatic carbocycles. The molecule has 2 rings (SSSR count). The second kappa shape index (κ2) is 6.32. The number of anilines is 1. The Bertz CT molecular complexity index is 753. The van der Waals surface area contributed by atoms with Crippen LogP contribution in [0.5, 0.6) is 0 Å². The van der Waals surface area contributed by atoms with Crippen molar-refractivity contribution in [1.82, 2.24) is 9.55 Å². The number of nitrogens with one attached hydrogen (secondary N) is 1. The number of hydrogen-bond acceptors (Lipinski definition) is 3. The summed E-state index contributed by atoms with van der Waals surface area (Å²) in [5.41, 5.74) is -0.154. The molecule has 0 fully saturated rings. The van der Waals surface area contributed by atoms with Gasteiger partial charge in [-0.25, -0.2) is 4.98 Å². The fourth-order valence-electron chi connectivity index (χ4n) is 2.05. The van der Waals surface area contributed by atoms with E-state index in [0.29, 0.717) is 11.6 Å². The Labute approximate surface area is 134 Å². The monoisotopic (exact) mass is 319 g/mol. The molecule has 1 heterocycles. The molecule has 22 heavy (non-hydrogen) atoms. The van der Waals surface area contributed by atoms with Crippen molar-refractivity contribution in [3.05, 3.63) is 57.7 Å². The fourth-order valence-corrected chi connectivity index (χ4v) is 2.24. The molecule has 1 aromatic carbocycles. The summed E-state index contributed by atoms with van der Waals surface area (Å²) in [5, 5.41) is 3.23. The predicted octanol–water partition coefficient (Wildman–Crippen LogP) is 2.83. The van der Waals surface area contributed by atoms with Gasteiger partial charge < -0.3 is 5.32 Å². The molecule has 0 saturated heterocycles. The van der Waals surface area contributed by atoms with E-state index in [2.05, 4.69) is 10.3 Å². The third-order valence-corrected chi connectivity index (χ3v) is 3.84. The molecule has 2 aromatic rings. The third-order valence-electron chi connectivity index (χ3n) is 3.60. The second-order valence-electron chi connectivity index (χ2n) is 5.49. The van der Waals surface area contributed by atoms with E-state index in [0.717, 1.165) is 5.56 Å². The average Bonchev–Trinajstić information content (AvgIpc) is 2.49. The Morgan fingerprint density at radius 2 is 2.14 bits per heavy atom. The van der Waals surface area contributed by atoms with Gasteiger partial charge in [0, 0.05) is 11.6 Å². The zero-order chi connectivity index (χ0) is 16.3. The van der Waals surface area contributed by atoms with Crippen molar-refractivity contribution < 1.29 is 4.79 Å². The van der Waals surface area contributed by atoms with Gasteiger partial charge in [0.1, 0.15) is 5.69 Å². The summed E-state index contributed by atoms with van der Waals surface area (Å²) in [4.78, 5) is 28.7. The van der Waals surface area contributed by atoms with Gasteiger partial charge in [-0.3, -0.25) is 14.2 Å². The number of amides is 1. The molecule has 6 heteroatoms. The maximum Gasteiger partial charge on any atom is 0.277 e. The van der Waals surface area contributed by atoms with Crippen molar-refractivity contribution in [2.75, 3.05) is 5.32 Å². The van der Waals surface area contributed by atoms with Crippen LogP contribution >= 0.6 is 11.6 Å². The summed E-state index contributed by atoms with van der Waals surface area (Å²) in [7, 11) is 0. The Morgan fingerprint density at radius 3 is 2.77 bits per heavy atom. The standard InChI is InChI=1S/C16H18ClN3O2/c1-4-20-10-18-9-13(14(20)21)19-15(22)16(2,3)11-6-5-7-12(17)8-11/h5-10H,4H2,1-3H3,(H,19,22). The molecular weight excluding hydrogens is 302 g/mol. The van der Waals surface area contributed by atoms with Crippen LogP contribution in [0.15, 0.2) is 41.6 Å². The van der Waals surface area contributed by atoms with Crippen LogP contribution in [-0.2, 0) is 16.8 Å². The SMILES string of the molecule is CCn1cncc(NC(=O)C(C)(C)c2cccc(Cl)c2)c1=O. The minimum absolute atomic E-state index is 0.171. The van der Waals surface area contributed by atoms with Gasteiger partial charge in [0.25, 0.3) is 5.56 Å². The molecule has 1 amide bonds. The van der Waals surface area contributed by atoms with Crippen molar-refractivity contribution in [3.63, 3.8) is 0 Å². The lowest BCUT2D eigenvalue weighted by Gasteiger charge is -2.24. The van der Waals surface area contributed by atoms with Crippen LogP contribution in [0.4, 0.5) is 5.69 Å². The Hall–Kier alpha value is -2.14. The number of hydrogen-bond donors (Lipinski definition) is 1. The number of rotatable bonds is 4. The average molecular weight is 320 g/mol. The smallest absolute Gasteiger partial charge is 0.277 e. The van der Waals surface area contributed by atoms with E-state index in [9.17, 15) is 9.59 Å². The quantitative estimate of drug-likeness (QED) is 0.942. The third kappa shape index (κ3) is 3.20. The molecule has 1 N–H and O–H groups in total. The zero-order valence-corrected chi connectivity index (χ0v) is 13.5. The zero-order valence-electron chi connectivity index (χ0n) is 12.8. The molecule has 5 nitrogen and oxygen atoms in total. The van der Waals surface area contributed by atoms with E-state index >= 15 is 0 Å². The Morgan fingerprint density at radius 1 is 1.41 bits per heavy atom. The first-order valence-electron chi connectivity index (χ1n) is 6.98. The summed E-state index contributed by atoms with van der Waals surface area (Å²) in [6, 6.07) is 7.12. The number of aromatic nitrogens is 2. The number of benzene rings is 1. The van der Waals surface area contributed by atoms with Crippen molar-refractivity contribution in [3.8, 4) is 0 Å². The summed E-state index contributed by atoms with van der Waals surface area (Å²) in [6.45, 7) is 5.89. The largest absolute Gasteiger partial charge is 0.319 e. The maximum absolute atomic E-state index is 12.6. The molecule has 0 saturated carbocycles. The Kier molecular flexibility index (Phi) is 4.66. The van der Waals surface area contributed by atoms with Crippen LogP contribution in [0.3, 0.4) is 0 Å². The normalized spacial score (nSPS) is 11.3. The van der Waals surface area contributed by atoms with Gasteiger partial charge in [-0.15, -0.1) is 0 Å². The molecule has 0 atom stereocenters. The lowest BCUT2D eigenvalue weighted by Crippen LogP contribution is -2.37. The van der Waals surface area contributed by atoms with Gasteiger partial charge >= 0.3 is 0 Å². The van der Waals surface area contributed by atoms with E-state index in [1.165, 1.54) is 17.1 Å². The number of carbonyl (C=O) groups is 1. The lowest BCUT2D eigenvalue weighted by atomic mass is 9.83. The highest BCUT2D eigenvalue weighted by Crippen LogP contribution is 2.26. The van der Waals surface area contributed by atoms with E-state index in [-0.39, 0.29) is 17.2 Å². The van der Waals surface area contributed by atoms with Gasteiger partial charge in [-0.05, 0) is 38.5 Å². The van der Waals surface area contributed by atoms with Crippen molar-refractivity contribution in [2.24, 2.45) is 0 Å². The molecule has 116 valence electrons. The second-order valence-corrected chi connectivity index (χ2v) is 5.92. The number of aryl methyl sites for hydroxylation is 1. The first-order chi connectivity index (χ1) is 10.4. The van der Waals surface area contributed by atoms with Gasteiger partial charge in [-0.1, -0.05) is 23.7 Å². The maximum atomic E-state index is 12.6. The molecule has 0 aliphatic rings. The van der Waals surface area contributed by atoms with Crippen LogP contribution in [0.1, 0.15) is 26.3 Å². The van der Waals surface area contributed by atoms with Crippen molar-refractivity contribution in [2.45, 2.75) is 32.7 Å². The molecule has 0 bridgehead atoms. The van der Waals surface area contributed by atoms with Gasteiger partial charge in [0.2, 0.25) is 5.91 Å². The van der Waals surface area contributed by atoms with Crippen molar-refractivity contribution >= 4 is 23.2 Å². The van der Waals surface area contributed by atoms with E-state index in [1.54, 1.807) is 32.0 Å². The summed E-state index contributed by atoms with van der Waals surface area (Å²) < 4.78 is 1.43. The predicted molar refractivity (Wildman–Crippen MR) is 87.3 cm³/mol.